The molecule has 0 atom stereocenters. The van der Waals surface area contributed by atoms with Crippen molar-refractivity contribution in [2.24, 2.45) is 0 Å². The van der Waals surface area contributed by atoms with Crippen molar-refractivity contribution in [3.8, 4) is 0 Å². The van der Waals surface area contributed by atoms with Gasteiger partial charge >= 0.3 is 46.0 Å². The summed E-state index contributed by atoms with van der Waals surface area (Å²) >= 11 is 0. The summed E-state index contributed by atoms with van der Waals surface area (Å²) in [5, 5.41) is 2.72. The predicted octanol–water partition coefficient (Wildman–Crippen LogP) is -8.21. The molecule has 15 heteroatoms. The predicted molar refractivity (Wildman–Crippen MR) is 128 cm³/mol. The van der Waals surface area contributed by atoms with Gasteiger partial charge in [-0.15, -0.1) is 0 Å². The largest absolute Gasteiger partial charge is 2.00 e. The van der Waals surface area contributed by atoms with Gasteiger partial charge in [0.05, 0.1) is 0 Å². The van der Waals surface area contributed by atoms with Crippen molar-refractivity contribution in [1.29, 1.82) is 0 Å². The van der Waals surface area contributed by atoms with Gasteiger partial charge < -0.3 is 55.1 Å². The third kappa shape index (κ3) is 13.6. The molecule has 3 rings (SSSR count). The summed E-state index contributed by atoms with van der Waals surface area (Å²) < 4.78 is 33.5. The van der Waals surface area contributed by atoms with Gasteiger partial charge in [-0.2, -0.15) is 8.42 Å². The molecule has 0 bridgehead atoms. The minimum atomic E-state index is -4.30. The zero-order chi connectivity index (χ0) is 17.2. The molecule has 0 saturated carbocycles. The minimum absolute atomic E-state index is 0. The first-order valence-electron chi connectivity index (χ1n) is 7.45. The summed E-state index contributed by atoms with van der Waals surface area (Å²) in [6.45, 7) is 1.92. The van der Waals surface area contributed by atoms with Gasteiger partial charge in [0.25, 0.3) is 10.1 Å². The Hall–Kier alpha value is -0.392. The van der Waals surface area contributed by atoms with E-state index in [1.165, 1.54) is 6.07 Å². The van der Waals surface area contributed by atoms with E-state index in [2.05, 4.69) is 0 Å². The fourth-order valence-electron chi connectivity index (χ4n) is 2.60. The van der Waals surface area contributed by atoms with E-state index < -0.39 is 18.0 Å². The number of hydrogen-bond acceptors (Lipinski definition) is 2. The maximum Gasteiger partial charge on any atom is 2.00 e. The smallest absolute Gasteiger partial charge is 1.00 e. The van der Waals surface area contributed by atoms with Crippen LogP contribution in [0.25, 0.3) is 0 Å². The molecule has 9 nitrogen and oxygen atoms in total. The molecule has 0 amide bonds. The van der Waals surface area contributed by atoms with Gasteiger partial charge in [0.15, 0.2) is 0 Å². The molecule has 13 N–H and O–H groups in total. The second-order valence-electron chi connectivity index (χ2n) is 5.45. The molecule has 0 unspecified atom stereocenters. The van der Waals surface area contributed by atoms with E-state index in [1.807, 2.05) is 73.7 Å². The number of rotatable bonds is 4. The Morgan fingerprint density at radius 2 is 1.09 bits per heavy atom. The number of benzene rings is 3. The molecule has 3 aromatic carbocycles. The fourth-order valence-corrected chi connectivity index (χ4v) is 6.21. The van der Waals surface area contributed by atoms with Gasteiger partial charge in [-0.25, -0.2) is 0 Å². The van der Waals surface area contributed by atoms with Gasteiger partial charge in [0.1, 0.15) is 4.90 Å². The van der Waals surface area contributed by atoms with Crippen molar-refractivity contribution in [1.82, 2.24) is 0 Å². The van der Waals surface area contributed by atoms with Gasteiger partial charge in [0, 0.05) is 5.30 Å². The summed E-state index contributed by atoms with van der Waals surface area (Å²) in [6.07, 6.45) is 0. The standard InChI is InChI=1S/C19H17O3PS.B.ClH.Na.Ni.6H2O.H/c1-15-12-13-19(24(20,21)22)18(14-15)23(16-8-4-2-5-9-16)17-10-6-3-7-11-17;;;;;;;;;;;/h2-14H,1H3,(H,20,21,22);;1H;;;6*1H2;/q;-1;;+1;+2;;;;;;;-1/p-1. The van der Waals surface area contributed by atoms with E-state index in [4.69, 9.17) is 0 Å². The fraction of sp³-hybridized carbons (Fsp3) is 0.0526. The maximum atomic E-state index is 11.9. The first-order valence-corrected chi connectivity index (χ1v) is 10.2. The van der Waals surface area contributed by atoms with Gasteiger partial charge in [-0.3, -0.25) is 4.55 Å². The van der Waals surface area contributed by atoms with Crippen molar-refractivity contribution in [2.75, 3.05) is 0 Å². The summed E-state index contributed by atoms with van der Waals surface area (Å²) in [5.74, 6) is 0. The molecule has 0 aromatic heterocycles. The van der Waals surface area contributed by atoms with Crippen molar-refractivity contribution in [3.05, 3.63) is 84.4 Å². The molecule has 34 heavy (non-hydrogen) atoms. The van der Waals surface area contributed by atoms with Gasteiger partial charge in [-0.05, 0) is 37.6 Å². The number of aryl methyl sites for hydroxylation is 1. The summed E-state index contributed by atoms with van der Waals surface area (Å²) in [4.78, 5) is -0.0214. The molecule has 0 aliphatic rings. The SMILES string of the molecule is Cc1ccc(S(=O)(=O)O)c(P(c2ccccc2)c2ccccc2)c1.O.O.O.O.O.O.[B-].[Cl-].[H-].[Na+].[Ni+2]. The van der Waals surface area contributed by atoms with E-state index in [9.17, 15) is 13.0 Å². The first kappa shape index (κ1) is 54.5. The quantitative estimate of drug-likeness (QED) is 0.176. The molecule has 0 saturated heterocycles. The van der Waals surface area contributed by atoms with Crippen LogP contribution < -0.4 is 57.9 Å². The molecular weight excluding hydrogens is 563 g/mol. The normalized spacial score (nSPS) is 8.21. The van der Waals surface area contributed by atoms with Crippen LogP contribution in [-0.4, -0.2) is 54.2 Å². The van der Waals surface area contributed by atoms with Crippen molar-refractivity contribution in [3.63, 3.8) is 0 Å². The average Bonchev–Trinajstić information content (AvgIpc) is 2.56. The van der Waals surface area contributed by atoms with Crippen LogP contribution in [0.2, 0.25) is 0 Å². The third-order valence-electron chi connectivity index (χ3n) is 3.66. The van der Waals surface area contributed by atoms with Crippen LogP contribution in [0.3, 0.4) is 0 Å². The second kappa shape index (κ2) is 24.3. The Morgan fingerprint density at radius 1 is 0.735 bits per heavy atom. The van der Waals surface area contributed by atoms with Crippen molar-refractivity contribution in [2.45, 2.75) is 11.8 Å². The van der Waals surface area contributed by atoms with Crippen LogP contribution >= 0.6 is 7.92 Å². The van der Waals surface area contributed by atoms with E-state index >= 15 is 0 Å². The Morgan fingerprint density at radius 3 is 1.41 bits per heavy atom. The molecule has 0 aliphatic heterocycles. The topological polar surface area (TPSA) is 243 Å². The Balaban J connectivity index is -0.0000000878. The van der Waals surface area contributed by atoms with Crippen molar-refractivity contribution >= 4 is 42.4 Å². The van der Waals surface area contributed by atoms with Crippen LogP contribution in [0.5, 0.6) is 0 Å². The Kier molecular flexibility index (Phi) is 39.0. The third-order valence-corrected chi connectivity index (χ3v) is 7.21. The maximum absolute atomic E-state index is 11.9. The van der Waals surface area contributed by atoms with E-state index in [1.54, 1.807) is 6.07 Å². The molecular formula is C19H30BClNaNiO9PS. The zero-order valence-corrected chi connectivity index (χ0v) is 23.9. The molecule has 3 aromatic rings. The van der Waals surface area contributed by atoms with Gasteiger partial charge in [-0.1, -0.05) is 72.3 Å². The molecule has 0 heterocycles. The molecule has 0 spiro atoms. The van der Waals surface area contributed by atoms with Crippen LogP contribution in [-0.2, 0) is 26.6 Å². The van der Waals surface area contributed by atoms with Crippen LogP contribution in [0.1, 0.15) is 6.99 Å². The van der Waals surface area contributed by atoms with Crippen LogP contribution in [0.15, 0.2) is 83.8 Å². The van der Waals surface area contributed by atoms with Crippen LogP contribution in [0, 0.1) is 6.92 Å². The monoisotopic (exact) mass is 592 g/mol. The number of halogens is 1. The first-order chi connectivity index (χ1) is 11.5. The van der Waals surface area contributed by atoms with Crippen LogP contribution in [0.4, 0.5) is 0 Å². The molecule has 0 aliphatic carbocycles. The Labute approximate surface area is 242 Å². The summed E-state index contributed by atoms with van der Waals surface area (Å²) in [7, 11) is -5.38. The molecule has 0 fully saturated rings. The van der Waals surface area contributed by atoms with Gasteiger partial charge in [0.2, 0.25) is 0 Å². The number of hydrogen-bond donors (Lipinski definition) is 1. The van der Waals surface area contributed by atoms with E-state index in [0.29, 0.717) is 5.30 Å². The average molecular weight is 593 g/mol. The minimum Gasteiger partial charge on any atom is -1.00 e. The zero-order valence-electron chi connectivity index (χ0n) is 19.4. The molecule has 4 radical (unpaired) electrons. The second-order valence-corrected chi connectivity index (χ2v) is 9.03. The summed E-state index contributed by atoms with van der Waals surface area (Å²) in [5.41, 5.74) is 0.955. The van der Waals surface area contributed by atoms with Crippen molar-refractivity contribution < 1.29 is 106 Å². The summed E-state index contributed by atoms with van der Waals surface area (Å²) in [6, 6.07) is 24.7. The van der Waals surface area contributed by atoms with E-state index in [-0.39, 0.29) is 106 Å². The van der Waals surface area contributed by atoms with E-state index in [0.717, 1.165) is 16.2 Å². The molecule has 192 valence electrons. The Bertz CT molecular complexity index is 945.